The Morgan fingerprint density at radius 1 is 1.07 bits per heavy atom. The smallest absolute Gasteiger partial charge is 0.0462 e. The quantitative estimate of drug-likeness (QED) is 0.549. The van der Waals surface area contributed by atoms with Gasteiger partial charge in [-0.1, -0.05) is 20.3 Å². The van der Waals surface area contributed by atoms with Crippen LogP contribution in [-0.4, -0.2) is 26.3 Å². The largest absolute Gasteiger partial charge is 0.385 e. The lowest BCUT2D eigenvalue weighted by Gasteiger charge is -2.17. The van der Waals surface area contributed by atoms with Crippen molar-refractivity contribution < 1.29 is 4.74 Å². The van der Waals surface area contributed by atoms with Gasteiger partial charge in [0.2, 0.25) is 0 Å². The first-order valence-electron chi connectivity index (χ1n) is 6.07. The standard InChI is InChI=1S/C12H27NO/c1-4-8-12(13-10-5-2)9-6-7-11-14-3/h12-13H,4-11H2,1-3H3. The monoisotopic (exact) mass is 201 g/mol. The van der Waals surface area contributed by atoms with E-state index in [0.29, 0.717) is 0 Å². The average Bonchev–Trinajstić information content (AvgIpc) is 2.20. The van der Waals surface area contributed by atoms with Crippen molar-refractivity contribution in [1.29, 1.82) is 0 Å². The van der Waals surface area contributed by atoms with Crippen LogP contribution in [0.4, 0.5) is 0 Å². The minimum Gasteiger partial charge on any atom is -0.385 e. The molecule has 0 saturated heterocycles. The maximum Gasteiger partial charge on any atom is 0.0462 e. The van der Waals surface area contributed by atoms with Crippen molar-refractivity contribution in [3.63, 3.8) is 0 Å². The van der Waals surface area contributed by atoms with Crippen molar-refractivity contribution in [2.75, 3.05) is 20.3 Å². The lowest BCUT2D eigenvalue weighted by atomic mass is 10.0. The van der Waals surface area contributed by atoms with E-state index < -0.39 is 0 Å². The molecule has 0 bridgehead atoms. The molecule has 0 aliphatic carbocycles. The van der Waals surface area contributed by atoms with Gasteiger partial charge in [-0.3, -0.25) is 0 Å². The van der Waals surface area contributed by atoms with Gasteiger partial charge in [-0.2, -0.15) is 0 Å². The zero-order valence-electron chi connectivity index (χ0n) is 10.1. The third-order valence-electron chi connectivity index (χ3n) is 2.47. The molecule has 0 radical (unpaired) electrons. The van der Waals surface area contributed by atoms with Gasteiger partial charge in [0, 0.05) is 19.8 Å². The summed E-state index contributed by atoms with van der Waals surface area (Å²) in [7, 11) is 1.78. The zero-order valence-corrected chi connectivity index (χ0v) is 10.1. The van der Waals surface area contributed by atoms with Gasteiger partial charge in [0.05, 0.1) is 0 Å². The molecule has 0 heterocycles. The molecule has 86 valence electrons. The Bertz CT molecular complexity index is 106. The number of unbranched alkanes of at least 4 members (excludes halogenated alkanes) is 1. The normalized spacial score (nSPS) is 13.1. The second-order valence-corrected chi connectivity index (χ2v) is 3.93. The fourth-order valence-electron chi connectivity index (χ4n) is 1.68. The molecule has 0 aromatic rings. The highest BCUT2D eigenvalue weighted by Crippen LogP contribution is 2.07. The molecule has 2 nitrogen and oxygen atoms in total. The van der Waals surface area contributed by atoms with E-state index in [1.54, 1.807) is 7.11 Å². The molecular formula is C12H27NO. The number of rotatable bonds is 10. The SMILES string of the molecule is CCCNC(CCC)CCCCOC. The van der Waals surface area contributed by atoms with E-state index >= 15 is 0 Å². The molecule has 0 aliphatic rings. The van der Waals surface area contributed by atoms with Crippen LogP contribution < -0.4 is 5.32 Å². The molecule has 14 heavy (non-hydrogen) atoms. The molecular weight excluding hydrogens is 174 g/mol. The van der Waals surface area contributed by atoms with Crippen molar-refractivity contribution >= 4 is 0 Å². The summed E-state index contributed by atoms with van der Waals surface area (Å²) in [5.74, 6) is 0. The third kappa shape index (κ3) is 8.52. The van der Waals surface area contributed by atoms with Crippen LogP contribution in [0.15, 0.2) is 0 Å². The van der Waals surface area contributed by atoms with Gasteiger partial charge in [-0.25, -0.2) is 0 Å². The summed E-state index contributed by atoms with van der Waals surface area (Å²) in [6.45, 7) is 6.55. The molecule has 0 aromatic carbocycles. The van der Waals surface area contributed by atoms with Gasteiger partial charge >= 0.3 is 0 Å². The summed E-state index contributed by atoms with van der Waals surface area (Å²) < 4.78 is 5.04. The molecule has 0 fully saturated rings. The number of nitrogens with one attached hydrogen (secondary N) is 1. The second kappa shape index (κ2) is 11.0. The van der Waals surface area contributed by atoms with Crippen LogP contribution in [0.1, 0.15) is 52.4 Å². The molecule has 0 aliphatic heterocycles. The summed E-state index contributed by atoms with van der Waals surface area (Å²) in [4.78, 5) is 0. The summed E-state index contributed by atoms with van der Waals surface area (Å²) in [5, 5.41) is 3.61. The molecule has 1 unspecified atom stereocenters. The summed E-state index contributed by atoms with van der Waals surface area (Å²) in [6, 6.07) is 0.733. The first kappa shape index (κ1) is 13.9. The third-order valence-corrected chi connectivity index (χ3v) is 2.47. The highest BCUT2D eigenvalue weighted by molar-refractivity contribution is 4.65. The summed E-state index contributed by atoms with van der Waals surface area (Å²) >= 11 is 0. The number of hydrogen-bond acceptors (Lipinski definition) is 2. The van der Waals surface area contributed by atoms with Crippen LogP contribution in [0, 0.1) is 0 Å². The van der Waals surface area contributed by atoms with E-state index in [0.717, 1.165) is 19.2 Å². The van der Waals surface area contributed by atoms with Crippen molar-refractivity contribution in [2.24, 2.45) is 0 Å². The van der Waals surface area contributed by atoms with Gasteiger partial charge in [-0.05, 0) is 38.6 Å². The van der Waals surface area contributed by atoms with Crippen molar-refractivity contribution in [1.82, 2.24) is 5.32 Å². The molecule has 2 heteroatoms. The fraction of sp³-hybridized carbons (Fsp3) is 1.00. The number of methoxy groups -OCH3 is 1. The summed E-state index contributed by atoms with van der Waals surface area (Å²) in [6.07, 6.45) is 7.62. The lowest BCUT2D eigenvalue weighted by molar-refractivity contribution is 0.190. The van der Waals surface area contributed by atoms with Crippen molar-refractivity contribution in [2.45, 2.75) is 58.4 Å². The van der Waals surface area contributed by atoms with E-state index in [1.807, 2.05) is 0 Å². The first-order chi connectivity index (χ1) is 6.85. The maximum absolute atomic E-state index is 5.04. The Kier molecular flexibility index (Phi) is 10.9. The molecule has 1 N–H and O–H groups in total. The van der Waals surface area contributed by atoms with Crippen LogP contribution in [0.5, 0.6) is 0 Å². The number of ether oxygens (including phenoxy) is 1. The molecule has 1 atom stereocenters. The predicted octanol–water partition coefficient (Wildman–Crippen LogP) is 2.97. The topological polar surface area (TPSA) is 21.3 Å². The van der Waals surface area contributed by atoms with Gasteiger partial charge in [0.15, 0.2) is 0 Å². The number of hydrogen-bond donors (Lipinski definition) is 1. The minimum atomic E-state index is 0.733. The van der Waals surface area contributed by atoms with Gasteiger partial charge in [-0.15, -0.1) is 0 Å². The summed E-state index contributed by atoms with van der Waals surface area (Å²) in [5.41, 5.74) is 0. The van der Waals surface area contributed by atoms with Crippen LogP contribution in [0.2, 0.25) is 0 Å². The minimum absolute atomic E-state index is 0.733. The average molecular weight is 201 g/mol. The van der Waals surface area contributed by atoms with Gasteiger partial charge in [0.25, 0.3) is 0 Å². The molecule has 0 saturated carbocycles. The Morgan fingerprint density at radius 3 is 2.43 bits per heavy atom. The predicted molar refractivity (Wildman–Crippen MR) is 62.7 cm³/mol. The van der Waals surface area contributed by atoms with Crippen LogP contribution >= 0.6 is 0 Å². The van der Waals surface area contributed by atoms with Crippen molar-refractivity contribution in [3.05, 3.63) is 0 Å². The Hall–Kier alpha value is -0.0800. The second-order valence-electron chi connectivity index (χ2n) is 3.93. The van der Waals surface area contributed by atoms with E-state index in [1.165, 1.54) is 38.5 Å². The zero-order chi connectivity index (χ0) is 10.6. The highest BCUT2D eigenvalue weighted by Gasteiger charge is 2.05. The molecule has 0 rings (SSSR count). The van der Waals surface area contributed by atoms with Crippen LogP contribution in [0.3, 0.4) is 0 Å². The van der Waals surface area contributed by atoms with E-state index in [9.17, 15) is 0 Å². The van der Waals surface area contributed by atoms with E-state index in [-0.39, 0.29) is 0 Å². The maximum atomic E-state index is 5.04. The molecule has 0 amide bonds. The highest BCUT2D eigenvalue weighted by atomic mass is 16.5. The Labute approximate surface area is 89.4 Å². The van der Waals surface area contributed by atoms with Gasteiger partial charge in [0.1, 0.15) is 0 Å². The van der Waals surface area contributed by atoms with E-state index in [4.69, 9.17) is 4.74 Å². The fourth-order valence-corrected chi connectivity index (χ4v) is 1.68. The first-order valence-corrected chi connectivity index (χ1v) is 6.07. The molecule has 0 spiro atoms. The lowest BCUT2D eigenvalue weighted by Crippen LogP contribution is -2.29. The van der Waals surface area contributed by atoms with Crippen LogP contribution in [-0.2, 0) is 4.74 Å². The Balaban J connectivity index is 3.40. The van der Waals surface area contributed by atoms with Crippen LogP contribution in [0.25, 0.3) is 0 Å². The molecule has 0 aromatic heterocycles. The van der Waals surface area contributed by atoms with Crippen molar-refractivity contribution in [3.8, 4) is 0 Å². The van der Waals surface area contributed by atoms with Gasteiger partial charge < -0.3 is 10.1 Å². The van der Waals surface area contributed by atoms with E-state index in [2.05, 4.69) is 19.2 Å². The Morgan fingerprint density at radius 2 is 1.86 bits per heavy atom.